The first-order valence-electron chi connectivity index (χ1n) is 7.50. The summed E-state index contributed by atoms with van der Waals surface area (Å²) in [5.74, 6) is -1.32. The first-order valence-corrected chi connectivity index (χ1v) is 9.35. The Labute approximate surface area is 143 Å². The fraction of sp³-hybridized carbons (Fsp3) is 0.643. The highest BCUT2D eigenvalue weighted by Crippen LogP contribution is 2.33. The van der Waals surface area contributed by atoms with Crippen LogP contribution in [0, 0.1) is 5.92 Å². The van der Waals surface area contributed by atoms with Crippen LogP contribution in [-0.4, -0.2) is 66.8 Å². The van der Waals surface area contributed by atoms with E-state index in [9.17, 15) is 21.6 Å². The van der Waals surface area contributed by atoms with Gasteiger partial charge in [0.1, 0.15) is 5.76 Å². The van der Waals surface area contributed by atoms with Crippen LogP contribution in [0.3, 0.4) is 0 Å². The minimum absolute atomic E-state index is 0.352. The van der Waals surface area contributed by atoms with Gasteiger partial charge in [-0.2, -0.15) is 13.2 Å². The summed E-state index contributed by atoms with van der Waals surface area (Å²) < 4.78 is 61.9. The maximum Gasteiger partial charge on any atom is 0.490 e. The van der Waals surface area contributed by atoms with Crippen molar-refractivity contribution in [2.45, 2.75) is 25.2 Å². The first kappa shape index (κ1) is 19.7. The molecule has 2 fully saturated rings. The number of carbonyl (C=O) groups is 1. The second kappa shape index (κ2) is 7.34. The second-order valence-corrected chi connectivity index (χ2v) is 8.03. The van der Waals surface area contributed by atoms with Gasteiger partial charge in [-0.1, -0.05) is 0 Å². The molecule has 0 aliphatic carbocycles. The smallest absolute Gasteiger partial charge is 0.475 e. The van der Waals surface area contributed by atoms with E-state index < -0.39 is 22.2 Å². The average molecular weight is 384 g/mol. The topological polar surface area (TPSA) is 91.1 Å². The number of furan rings is 1. The molecule has 25 heavy (non-hydrogen) atoms. The van der Waals surface area contributed by atoms with Gasteiger partial charge in [0.2, 0.25) is 10.0 Å². The number of rotatable bonds is 3. The van der Waals surface area contributed by atoms with E-state index in [0.29, 0.717) is 25.0 Å². The Bertz CT molecular complexity index is 690. The van der Waals surface area contributed by atoms with Crippen molar-refractivity contribution in [3.63, 3.8) is 0 Å². The van der Waals surface area contributed by atoms with Gasteiger partial charge in [-0.05, 0) is 31.0 Å². The van der Waals surface area contributed by atoms with Gasteiger partial charge in [0, 0.05) is 19.1 Å². The molecule has 7 nitrogen and oxygen atoms in total. The zero-order valence-electron chi connectivity index (χ0n) is 13.4. The molecule has 2 saturated heterocycles. The van der Waals surface area contributed by atoms with Crippen molar-refractivity contribution in [2.24, 2.45) is 5.92 Å². The van der Waals surface area contributed by atoms with Crippen LogP contribution in [0.1, 0.15) is 12.2 Å². The molecule has 2 aliphatic heterocycles. The van der Waals surface area contributed by atoms with Crippen LogP contribution < -0.4 is 0 Å². The quantitative estimate of drug-likeness (QED) is 0.847. The summed E-state index contributed by atoms with van der Waals surface area (Å²) in [7, 11) is -3.05. The van der Waals surface area contributed by atoms with Crippen molar-refractivity contribution in [3.8, 4) is 0 Å². The summed E-state index contributed by atoms with van der Waals surface area (Å²) >= 11 is 0. The lowest BCUT2D eigenvalue weighted by Gasteiger charge is -2.23. The third-order valence-corrected chi connectivity index (χ3v) is 5.52. The average Bonchev–Trinajstić information content (AvgIpc) is 3.16. The highest BCUT2D eigenvalue weighted by atomic mass is 32.2. The van der Waals surface area contributed by atoms with E-state index in [-0.39, 0.29) is 0 Å². The minimum atomic E-state index is -5.08. The predicted octanol–water partition coefficient (Wildman–Crippen LogP) is 1.38. The van der Waals surface area contributed by atoms with E-state index >= 15 is 0 Å². The number of alkyl halides is 3. The van der Waals surface area contributed by atoms with Gasteiger partial charge in [-0.25, -0.2) is 17.5 Å². The molecule has 2 aliphatic rings. The Hall–Kier alpha value is -1.59. The van der Waals surface area contributed by atoms with E-state index in [1.54, 1.807) is 10.6 Å². The molecule has 1 aromatic rings. The second-order valence-electron chi connectivity index (χ2n) is 6.05. The lowest BCUT2D eigenvalue weighted by molar-refractivity contribution is -0.192. The molecular weight excluding hydrogens is 365 g/mol. The zero-order chi connectivity index (χ0) is 18.8. The summed E-state index contributed by atoms with van der Waals surface area (Å²) in [4.78, 5) is 11.2. The van der Waals surface area contributed by atoms with Gasteiger partial charge in [-0.3, -0.25) is 4.90 Å². The highest BCUT2D eigenvalue weighted by Gasteiger charge is 2.44. The standard InChI is InChI=1S/C12H18N2O3S.C2HF3O2/c1-18(15,16)14-7-10-4-5-13(12(10)9-14)8-11-3-2-6-17-11;3-2(4,5)1(6)7/h2-3,6,10,12H,4-5,7-9H2,1H3;(H,6,7)/t10-,12+;/m0./s1. The van der Waals surface area contributed by atoms with Crippen molar-refractivity contribution in [1.29, 1.82) is 0 Å². The van der Waals surface area contributed by atoms with Gasteiger partial charge >= 0.3 is 12.1 Å². The number of carboxylic acid groups (broad SMARTS) is 1. The van der Waals surface area contributed by atoms with Crippen LogP contribution in [0.5, 0.6) is 0 Å². The minimum Gasteiger partial charge on any atom is -0.475 e. The monoisotopic (exact) mass is 384 g/mol. The molecular formula is C14H19F3N2O5S. The fourth-order valence-corrected chi connectivity index (χ4v) is 3.97. The molecule has 3 rings (SSSR count). The summed E-state index contributed by atoms with van der Waals surface area (Å²) in [6.45, 7) is 3.13. The molecule has 0 amide bonds. The van der Waals surface area contributed by atoms with Crippen molar-refractivity contribution in [3.05, 3.63) is 24.2 Å². The Morgan fingerprint density at radius 2 is 2.04 bits per heavy atom. The Morgan fingerprint density at radius 1 is 1.40 bits per heavy atom. The lowest BCUT2D eigenvalue weighted by atomic mass is 10.1. The van der Waals surface area contributed by atoms with Crippen LogP contribution in [-0.2, 0) is 21.4 Å². The van der Waals surface area contributed by atoms with Crippen molar-refractivity contribution >= 4 is 16.0 Å². The number of nitrogens with zero attached hydrogens (tertiary/aromatic N) is 2. The Morgan fingerprint density at radius 3 is 2.52 bits per heavy atom. The highest BCUT2D eigenvalue weighted by molar-refractivity contribution is 7.88. The van der Waals surface area contributed by atoms with Gasteiger partial charge in [0.25, 0.3) is 0 Å². The number of carboxylic acids is 1. The molecule has 142 valence electrons. The first-order chi connectivity index (χ1) is 11.5. The SMILES string of the molecule is CS(=O)(=O)N1C[C@@H]2CCN(Cc3ccco3)[C@@H]2C1.O=C(O)C(F)(F)F. The molecule has 1 aromatic heterocycles. The molecule has 0 saturated carbocycles. The van der Waals surface area contributed by atoms with E-state index in [1.807, 2.05) is 12.1 Å². The van der Waals surface area contributed by atoms with Gasteiger partial charge < -0.3 is 9.52 Å². The number of fused-ring (bicyclic) bond motifs is 1. The maximum atomic E-state index is 11.6. The number of hydrogen-bond acceptors (Lipinski definition) is 5. The van der Waals surface area contributed by atoms with E-state index in [0.717, 1.165) is 25.3 Å². The maximum absolute atomic E-state index is 11.6. The zero-order valence-corrected chi connectivity index (χ0v) is 14.3. The molecule has 11 heteroatoms. The third kappa shape index (κ3) is 5.19. The predicted molar refractivity (Wildman–Crippen MR) is 81.1 cm³/mol. The molecule has 0 unspecified atom stereocenters. The summed E-state index contributed by atoms with van der Waals surface area (Å²) in [5.41, 5.74) is 0. The lowest BCUT2D eigenvalue weighted by Crippen LogP contribution is -2.36. The Kier molecular flexibility index (Phi) is 5.79. The summed E-state index contributed by atoms with van der Waals surface area (Å²) in [6, 6.07) is 4.21. The number of sulfonamides is 1. The van der Waals surface area contributed by atoms with Crippen LogP contribution in [0.4, 0.5) is 13.2 Å². The molecule has 0 radical (unpaired) electrons. The number of halogens is 3. The number of likely N-dealkylation sites (tertiary alicyclic amines) is 1. The van der Waals surface area contributed by atoms with Crippen molar-refractivity contribution in [2.75, 3.05) is 25.9 Å². The fourth-order valence-electron chi connectivity index (χ4n) is 3.08. The third-order valence-electron chi connectivity index (χ3n) is 4.28. The molecule has 1 N–H and O–H groups in total. The summed E-state index contributed by atoms with van der Waals surface area (Å²) in [6.07, 6.45) is -1.03. The van der Waals surface area contributed by atoms with E-state index in [1.165, 1.54) is 6.26 Å². The number of hydrogen-bond donors (Lipinski definition) is 1. The van der Waals surface area contributed by atoms with Crippen molar-refractivity contribution < 1.29 is 35.9 Å². The van der Waals surface area contributed by atoms with Crippen LogP contribution >= 0.6 is 0 Å². The Balaban J connectivity index is 0.000000277. The van der Waals surface area contributed by atoms with Gasteiger partial charge in [0.05, 0.1) is 19.1 Å². The molecule has 3 heterocycles. The van der Waals surface area contributed by atoms with Crippen LogP contribution in [0.25, 0.3) is 0 Å². The number of aliphatic carboxylic acids is 1. The van der Waals surface area contributed by atoms with Gasteiger partial charge in [-0.15, -0.1) is 0 Å². The van der Waals surface area contributed by atoms with E-state index in [4.69, 9.17) is 14.3 Å². The van der Waals surface area contributed by atoms with E-state index in [2.05, 4.69) is 4.90 Å². The molecule has 0 spiro atoms. The molecule has 2 atom stereocenters. The van der Waals surface area contributed by atoms with Crippen molar-refractivity contribution in [1.82, 2.24) is 9.21 Å². The van der Waals surface area contributed by atoms with Crippen LogP contribution in [0.2, 0.25) is 0 Å². The molecule has 0 aromatic carbocycles. The van der Waals surface area contributed by atoms with Crippen LogP contribution in [0.15, 0.2) is 22.8 Å². The summed E-state index contributed by atoms with van der Waals surface area (Å²) in [5, 5.41) is 7.12. The normalized spacial score (nSPS) is 24.6. The molecule has 0 bridgehead atoms. The van der Waals surface area contributed by atoms with Gasteiger partial charge in [0.15, 0.2) is 0 Å². The largest absolute Gasteiger partial charge is 0.490 e.